The van der Waals surface area contributed by atoms with E-state index in [4.69, 9.17) is 0 Å². The maximum atomic E-state index is 13.0. The zero-order valence-electron chi connectivity index (χ0n) is 18.4. The Hall–Kier alpha value is -2.79. The molecule has 0 amide bonds. The molecule has 11 heteroatoms. The maximum absolute atomic E-state index is 13.0. The van der Waals surface area contributed by atoms with Crippen molar-refractivity contribution >= 4 is 17.6 Å². The van der Waals surface area contributed by atoms with Gasteiger partial charge in [0, 0.05) is 29.9 Å². The molecule has 0 aliphatic carbocycles. The summed E-state index contributed by atoms with van der Waals surface area (Å²) in [5.41, 5.74) is 1.98. The summed E-state index contributed by atoms with van der Waals surface area (Å²) in [4.78, 5) is 3.00. The highest BCUT2D eigenvalue weighted by atomic mass is 32.2. The summed E-state index contributed by atoms with van der Waals surface area (Å²) in [5.74, 6) is -2.90. The van der Waals surface area contributed by atoms with Crippen molar-refractivity contribution in [3.63, 3.8) is 0 Å². The van der Waals surface area contributed by atoms with Crippen molar-refractivity contribution in [3.05, 3.63) is 83.8 Å². The molecule has 1 unspecified atom stereocenters. The number of halogens is 6. The second-order valence-electron chi connectivity index (χ2n) is 7.68. The number of anilines is 1. The third-order valence-corrected chi connectivity index (χ3v) is 6.14. The molecule has 3 rings (SSSR count). The van der Waals surface area contributed by atoms with Gasteiger partial charge in [0.2, 0.25) is 0 Å². The second kappa shape index (κ2) is 9.83. The second-order valence-corrected chi connectivity index (χ2v) is 8.77. The summed E-state index contributed by atoms with van der Waals surface area (Å²) in [6.45, 7) is 8.67. The van der Waals surface area contributed by atoms with Crippen LogP contribution in [0.3, 0.4) is 0 Å². The molecule has 184 valence electrons. The van der Waals surface area contributed by atoms with Crippen LogP contribution in [0.5, 0.6) is 0 Å². The van der Waals surface area contributed by atoms with Crippen molar-refractivity contribution in [2.24, 2.45) is 0 Å². The standard InChI is InChI=1S/C23H24F6N4S/c1-13(32-17-7-5-15(6-8-17)21(22(24,25)26)23(27,28)29)20-19-10-9-18(34-31-4)11-16(19)12-33(20)14(2)30-3/h5-11,20-21,30-32H,1-2,12H2,3-4H3. The Labute approximate surface area is 198 Å². The number of nitrogens with one attached hydrogen (secondary N) is 3. The van der Waals surface area contributed by atoms with Crippen molar-refractivity contribution in [2.75, 3.05) is 19.4 Å². The highest BCUT2D eigenvalue weighted by Gasteiger charge is 2.57. The van der Waals surface area contributed by atoms with Crippen LogP contribution in [0.2, 0.25) is 0 Å². The van der Waals surface area contributed by atoms with Crippen LogP contribution in [0.1, 0.15) is 28.7 Å². The summed E-state index contributed by atoms with van der Waals surface area (Å²) in [5, 5.41) is 6.04. The Morgan fingerprint density at radius 2 is 1.62 bits per heavy atom. The number of fused-ring (bicyclic) bond motifs is 1. The van der Waals surface area contributed by atoms with Crippen molar-refractivity contribution in [2.45, 2.75) is 35.8 Å². The van der Waals surface area contributed by atoms with Gasteiger partial charge in [-0.3, -0.25) is 4.72 Å². The van der Waals surface area contributed by atoms with Crippen LogP contribution in [-0.2, 0) is 6.54 Å². The zero-order chi connectivity index (χ0) is 25.3. The minimum atomic E-state index is -5.44. The topological polar surface area (TPSA) is 39.3 Å². The van der Waals surface area contributed by atoms with Crippen LogP contribution in [0.25, 0.3) is 0 Å². The van der Waals surface area contributed by atoms with E-state index in [0.717, 1.165) is 28.2 Å². The molecule has 1 heterocycles. The fourth-order valence-electron chi connectivity index (χ4n) is 3.96. The lowest BCUT2D eigenvalue weighted by molar-refractivity contribution is -0.253. The number of hydrogen-bond acceptors (Lipinski definition) is 5. The van der Waals surface area contributed by atoms with Crippen molar-refractivity contribution < 1.29 is 26.3 Å². The van der Waals surface area contributed by atoms with Gasteiger partial charge in [-0.1, -0.05) is 31.4 Å². The van der Waals surface area contributed by atoms with E-state index in [-0.39, 0.29) is 6.04 Å². The molecular weight excluding hydrogens is 478 g/mol. The molecule has 34 heavy (non-hydrogen) atoms. The van der Waals surface area contributed by atoms with Gasteiger partial charge in [-0.25, -0.2) is 0 Å². The summed E-state index contributed by atoms with van der Waals surface area (Å²) in [6, 6.07) is 9.65. The molecule has 0 saturated heterocycles. The lowest BCUT2D eigenvalue weighted by Crippen LogP contribution is -2.34. The molecule has 0 fully saturated rings. The first-order valence-electron chi connectivity index (χ1n) is 10.2. The van der Waals surface area contributed by atoms with E-state index < -0.39 is 23.8 Å². The van der Waals surface area contributed by atoms with Crippen LogP contribution in [0, 0.1) is 0 Å². The fraction of sp³-hybridized carbons (Fsp3) is 0.304. The number of rotatable bonds is 8. The highest BCUT2D eigenvalue weighted by Crippen LogP contribution is 2.46. The predicted octanol–water partition coefficient (Wildman–Crippen LogP) is 6.29. The quantitative estimate of drug-likeness (QED) is 0.292. The van der Waals surface area contributed by atoms with Gasteiger partial charge in [-0.05, 0) is 60.0 Å². The molecule has 1 atom stereocenters. The van der Waals surface area contributed by atoms with Gasteiger partial charge in [-0.15, -0.1) is 0 Å². The number of hydrogen-bond donors (Lipinski definition) is 3. The van der Waals surface area contributed by atoms with Crippen LogP contribution >= 0.6 is 11.9 Å². The Morgan fingerprint density at radius 1 is 1.00 bits per heavy atom. The van der Waals surface area contributed by atoms with Gasteiger partial charge in [0.1, 0.15) is 0 Å². The lowest BCUT2D eigenvalue weighted by Gasteiger charge is -2.30. The molecule has 2 aromatic carbocycles. The van der Waals surface area contributed by atoms with Gasteiger partial charge >= 0.3 is 12.4 Å². The van der Waals surface area contributed by atoms with E-state index >= 15 is 0 Å². The minimum Gasteiger partial charge on any atom is -0.375 e. The Morgan fingerprint density at radius 3 is 2.15 bits per heavy atom. The van der Waals surface area contributed by atoms with Crippen LogP contribution in [0.4, 0.5) is 32.0 Å². The fourth-order valence-corrected chi connectivity index (χ4v) is 4.53. The zero-order valence-corrected chi connectivity index (χ0v) is 19.3. The molecule has 1 aliphatic rings. The molecule has 2 aromatic rings. The molecule has 0 radical (unpaired) electrons. The van der Waals surface area contributed by atoms with Crippen LogP contribution < -0.4 is 15.4 Å². The molecule has 0 saturated carbocycles. The molecule has 4 nitrogen and oxygen atoms in total. The van der Waals surface area contributed by atoms with Gasteiger partial charge in [0.25, 0.3) is 0 Å². The Kier molecular flexibility index (Phi) is 7.47. The first kappa shape index (κ1) is 25.8. The average Bonchev–Trinajstić information content (AvgIpc) is 3.11. The minimum absolute atomic E-state index is 0.322. The van der Waals surface area contributed by atoms with E-state index in [1.807, 2.05) is 30.1 Å². The monoisotopic (exact) mass is 502 g/mol. The van der Waals surface area contributed by atoms with E-state index in [1.165, 1.54) is 24.1 Å². The van der Waals surface area contributed by atoms with E-state index in [2.05, 4.69) is 28.5 Å². The van der Waals surface area contributed by atoms with Gasteiger partial charge in [-0.2, -0.15) is 26.3 Å². The van der Waals surface area contributed by atoms with Gasteiger partial charge < -0.3 is 15.5 Å². The largest absolute Gasteiger partial charge is 0.404 e. The SMILES string of the molecule is C=C(Nc1ccc(C(C(F)(F)F)C(F)(F)F)cc1)C1c2ccc(SNC)cc2CN1C(=C)NC. The molecule has 3 N–H and O–H groups in total. The number of alkyl halides is 6. The first-order chi connectivity index (χ1) is 15.9. The average molecular weight is 503 g/mol. The molecule has 0 bridgehead atoms. The lowest BCUT2D eigenvalue weighted by atomic mass is 9.97. The summed E-state index contributed by atoms with van der Waals surface area (Å²) in [7, 11) is 3.55. The Bertz CT molecular complexity index is 1030. The molecule has 0 aromatic heterocycles. The summed E-state index contributed by atoms with van der Waals surface area (Å²) < 4.78 is 81.1. The highest BCUT2D eigenvalue weighted by molar-refractivity contribution is 7.97. The van der Waals surface area contributed by atoms with E-state index in [1.54, 1.807) is 7.05 Å². The van der Waals surface area contributed by atoms with Crippen LogP contribution in [0.15, 0.2) is 72.0 Å². The van der Waals surface area contributed by atoms with Crippen molar-refractivity contribution in [1.29, 1.82) is 0 Å². The third kappa shape index (κ3) is 5.47. The van der Waals surface area contributed by atoms with Gasteiger partial charge in [0.05, 0.1) is 11.9 Å². The summed E-state index contributed by atoms with van der Waals surface area (Å²) >= 11 is 1.47. The third-order valence-electron chi connectivity index (χ3n) is 5.45. The molecule has 1 aliphatic heterocycles. The van der Waals surface area contributed by atoms with E-state index in [0.29, 0.717) is 23.8 Å². The number of nitrogens with zero attached hydrogens (tertiary/aromatic N) is 1. The Balaban J connectivity index is 1.86. The maximum Gasteiger partial charge on any atom is 0.404 e. The van der Waals surface area contributed by atoms with Crippen molar-refractivity contribution in [3.8, 4) is 0 Å². The first-order valence-corrected chi connectivity index (χ1v) is 11.0. The normalized spacial score (nSPS) is 15.9. The molecule has 0 spiro atoms. The smallest absolute Gasteiger partial charge is 0.375 e. The van der Waals surface area contributed by atoms with Crippen molar-refractivity contribution in [1.82, 2.24) is 14.9 Å². The summed E-state index contributed by atoms with van der Waals surface area (Å²) in [6.07, 6.45) is -10.9. The molecular formula is C23H24F6N4S. The van der Waals surface area contributed by atoms with Crippen LogP contribution in [-0.4, -0.2) is 31.3 Å². The van der Waals surface area contributed by atoms with Gasteiger partial charge in [0.15, 0.2) is 5.92 Å². The predicted molar refractivity (Wildman–Crippen MR) is 122 cm³/mol. The van der Waals surface area contributed by atoms with E-state index in [9.17, 15) is 26.3 Å². The number of benzene rings is 2.